The molecule has 4 atom stereocenters. The van der Waals surface area contributed by atoms with Crippen molar-refractivity contribution in [2.45, 2.75) is 54.6 Å². The Bertz CT molecular complexity index is 1720. The van der Waals surface area contributed by atoms with E-state index in [2.05, 4.69) is 53.3 Å². The Morgan fingerprint density at radius 1 is 0.930 bits per heavy atom. The van der Waals surface area contributed by atoms with E-state index in [1.807, 2.05) is 48.5 Å². The summed E-state index contributed by atoms with van der Waals surface area (Å²) in [5.74, 6) is -0.208. The fourth-order valence-corrected chi connectivity index (χ4v) is 8.14. The van der Waals surface area contributed by atoms with Crippen LogP contribution in [0.3, 0.4) is 0 Å². The first-order valence-corrected chi connectivity index (χ1v) is 16.4. The van der Waals surface area contributed by atoms with Gasteiger partial charge >= 0.3 is 5.97 Å². The van der Waals surface area contributed by atoms with Crippen LogP contribution in [0.4, 0.5) is 0 Å². The van der Waals surface area contributed by atoms with Crippen LogP contribution < -0.4 is 4.72 Å². The number of fused-ring (bicyclic) bond motifs is 3. The summed E-state index contributed by atoms with van der Waals surface area (Å²) < 4.78 is 41.7. The maximum absolute atomic E-state index is 13.8. The molecule has 7 heteroatoms. The van der Waals surface area contributed by atoms with Crippen molar-refractivity contribution in [1.29, 1.82) is 0 Å². The van der Waals surface area contributed by atoms with Crippen LogP contribution >= 0.6 is 0 Å². The second-order valence-electron chi connectivity index (χ2n) is 11.6. The van der Waals surface area contributed by atoms with Crippen LogP contribution in [0.1, 0.15) is 37.7 Å². The molecule has 0 spiro atoms. The number of rotatable bonds is 11. The Hall–Kier alpha value is -3.78. The van der Waals surface area contributed by atoms with Gasteiger partial charge in [0.25, 0.3) is 0 Å². The van der Waals surface area contributed by atoms with Crippen molar-refractivity contribution in [3.63, 3.8) is 0 Å². The maximum atomic E-state index is 13.8. The molecule has 1 heterocycles. The minimum Gasteiger partial charge on any atom is -0.469 e. The largest absolute Gasteiger partial charge is 0.469 e. The second kappa shape index (κ2) is 12.4. The van der Waals surface area contributed by atoms with E-state index in [-0.39, 0.29) is 34.3 Å². The predicted molar refractivity (Wildman–Crippen MR) is 169 cm³/mol. The molecule has 6 nitrogen and oxygen atoms in total. The van der Waals surface area contributed by atoms with Crippen molar-refractivity contribution in [3.05, 3.63) is 115 Å². The van der Waals surface area contributed by atoms with Gasteiger partial charge in [-0.25, -0.2) is 13.1 Å². The van der Waals surface area contributed by atoms with E-state index in [4.69, 9.17) is 9.47 Å². The third kappa shape index (κ3) is 6.03. The van der Waals surface area contributed by atoms with Crippen LogP contribution in [0.2, 0.25) is 0 Å². The van der Waals surface area contributed by atoms with Gasteiger partial charge in [0, 0.05) is 11.8 Å². The Kier molecular flexibility index (Phi) is 8.48. The monoisotopic (exact) mass is 595 g/mol. The molecule has 1 saturated carbocycles. The van der Waals surface area contributed by atoms with Crippen molar-refractivity contribution in [2.75, 3.05) is 13.7 Å². The highest BCUT2D eigenvalue weighted by Gasteiger charge is 2.60. The van der Waals surface area contributed by atoms with Gasteiger partial charge in [-0.1, -0.05) is 97.1 Å². The highest BCUT2D eigenvalue weighted by Crippen LogP contribution is 2.54. The Balaban J connectivity index is 1.28. The number of sulfonamides is 1. The Labute approximate surface area is 253 Å². The molecule has 0 unspecified atom stereocenters. The van der Waals surface area contributed by atoms with Crippen molar-refractivity contribution >= 4 is 26.8 Å². The summed E-state index contributed by atoms with van der Waals surface area (Å²) in [5, 5.41) is 1.88. The zero-order chi connectivity index (χ0) is 29.9. The quantitative estimate of drug-likeness (QED) is 0.117. The molecule has 222 valence electrons. The topological polar surface area (TPSA) is 81.7 Å². The number of carbonyl (C=O) groups is 1. The summed E-state index contributed by atoms with van der Waals surface area (Å²) in [5.41, 5.74) is 3.16. The SMILES string of the molecule is COC(=O)CCCC=CC[C@H]1[C@H](NS(=O)(=O)c2ccc3ccccc3c2)[C@@H]2C[C@@]1(c1ccc(-c3ccccc3)cc1)CO2. The van der Waals surface area contributed by atoms with Crippen LogP contribution in [-0.4, -0.2) is 40.2 Å². The zero-order valence-corrected chi connectivity index (χ0v) is 25.1. The first-order chi connectivity index (χ1) is 20.9. The fourth-order valence-electron chi connectivity index (χ4n) is 6.80. The number of nitrogens with one attached hydrogen (secondary N) is 1. The summed E-state index contributed by atoms with van der Waals surface area (Å²) in [7, 11) is -2.40. The lowest BCUT2D eigenvalue weighted by molar-refractivity contribution is -0.140. The molecule has 0 aromatic heterocycles. The predicted octanol–water partition coefficient (Wildman–Crippen LogP) is 6.80. The molecule has 2 fully saturated rings. The normalized spacial score (nSPS) is 23.2. The highest BCUT2D eigenvalue weighted by atomic mass is 32.2. The molecular formula is C36H37NO5S. The van der Waals surface area contributed by atoms with Crippen molar-refractivity contribution in [3.8, 4) is 11.1 Å². The highest BCUT2D eigenvalue weighted by molar-refractivity contribution is 7.89. The lowest BCUT2D eigenvalue weighted by Crippen LogP contribution is -2.51. The summed E-state index contributed by atoms with van der Waals surface area (Å²) in [6, 6.07) is 31.6. The van der Waals surface area contributed by atoms with Gasteiger partial charge in [0.05, 0.1) is 30.8 Å². The van der Waals surface area contributed by atoms with E-state index < -0.39 is 10.0 Å². The van der Waals surface area contributed by atoms with Gasteiger partial charge in [-0.2, -0.15) is 0 Å². The number of methoxy groups -OCH3 is 1. The molecule has 2 bridgehead atoms. The number of ether oxygens (including phenoxy) is 2. The third-order valence-corrected chi connectivity index (χ3v) is 10.5. The van der Waals surface area contributed by atoms with Crippen molar-refractivity contribution < 1.29 is 22.7 Å². The lowest BCUT2D eigenvalue weighted by atomic mass is 9.70. The molecule has 1 aliphatic heterocycles. The van der Waals surface area contributed by atoms with E-state index in [0.29, 0.717) is 25.9 Å². The van der Waals surface area contributed by atoms with E-state index in [9.17, 15) is 13.2 Å². The fraction of sp³-hybridized carbons (Fsp3) is 0.306. The van der Waals surface area contributed by atoms with Crippen molar-refractivity contribution in [1.82, 2.24) is 4.72 Å². The minimum atomic E-state index is -3.80. The van der Waals surface area contributed by atoms with Crippen LogP contribution in [-0.2, 0) is 29.7 Å². The van der Waals surface area contributed by atoms with Gasteiger partial charge in [-0.15, -0.1) is 0 Å². The second-order valence-corrected chi connectivity index (χ2v) is 13.3. The standard InChI is InChI=1S/C36H37NO5S/c1-41-34(38)16-8-3-2-7-15-32-35(37-43(39,40)31-22-19-27-13-9-10-14-29(27)23-31)33-24-36(32,25-42-33)30-20-17-28(18-21-30)26-11-5-4-6-12-26/h2,4-7,9-14,17-23,32-33,35,37H,3,8,15-16,24-25H2,1H3/t32-,33-,35-,36-/m0/s1. The number of carbonyl (C=O) groups excluding carboxylic acids is 1. The molecule has 1 saturated heterocycles. The number of allylic oxidation sites excluding steroid dienone is 2. The van der Waals surface area contributed by atoms with E-state index in [1.165, 1.54) is 12.7 Å². The Morgan fingerprint density at radius 3 is 2.42 bits per heavy atom. The molecule has 1 N–H and O–H groups in total. The average Bonchev–Trinajstić information content (AvgIpc) is 3.61. The number of hydrogen-bond acceptors (Lipinski definition) is 5. The molecule has 0 amide bonds. The molecule has 0 radical (unpaired) electrons. The van der Waals surface area contributed by atoms with E-state index in [1.54, 1.807) is 12.1 Å². The van der Waals surface area contributed by atoms with Gasteiger partial charge in [0.15, 0.2) is 0 Å². The minimum absolute atomic E-state index is 0.000846. The molecule has 2 aliphatic rings. The Morgan fingerprint density at radius 2 is 1.65 bits per heavy atom. The third-order valence-electron chi connectivity index (χ3n) is 9.09. The molecule has 4 aromatic rings. The smallest absolute Gasteiger partial charge is 0.305 e. The van der Waals surface area contributed by atoms with Crippen LogP contribution in [0.5, 0.6) is 0 Å². The number of unbranched alkanes of at least 4 members (excludes halogenated alkanes) is 1. The van der Waals surface area contributed by atoms with Gasteiger partial charge in [-0.3, -0.25) is 4.79 Å². The van der Waals surface area contributed by atoms with Gasteiger partial charge in [0.1, 0.15) is 0 Å². The molecule has 4 aromatic carbocycles. The molecule has 1 aliphatic carbocycles. The first kappa shape index (κ1) is 29.3. The van der Waals surface area contributed by atoms with Crippen LogP contribution in [0.25, 0.3) is 21.9 Å². The summed E-state index contributed by atoms with van der Waals surface area (Å²) in [4.78, 5) is 11.8. The number of hydrogen-bond donors (Lipinski definition) is 1. The van der Waals surface area contributed by atoms with Crippen LogP contribution in [0, 0.1) is 5.92 Å². The molecular weight excluding hydrogens is 558 g/mol. The van der Waals surface area contributed by atoms with Gasteiger partial charge in [0.2, 0.25) is 10.0 Å². The molecule has 6 rings (SSSR count). The summed E-state index contributed by atoms with van der Waals surface area (Å²) in [6.07, 6.45) is 7.31. The van der Waals surface area contributed by atoms with E-state index in [0.717, 1.165) is 34.7 Å². The van der Waals surface area contributed by atoms with Gasteiger partial charge in [-0.05, 0) is 71.2 Å². The van der Waals surface area contributed by atoms with E-state index >= 15 is 0 Å². The average molecular weight is 596 g/mol. The number of benzene rings is 4. The van der Waals surface area contributed by atoms with Crippen LogP contribution in [0.15, 0.2) is 114 Å². The lowest BCUT2D eigenvalue weighted by Gasteiger charge is -2.39. The first-order valence-electron chi connectivity index (χ1n) is 14.9. The molecule has 43 heavy (non-hydrogen) atoms. The summed E-state index contributed by atoms with van der Waals surface area (Å²) >= 11 is 0. The van der Waals surface area contributed by atoms with Crippen molar-refractivity contribution in [2.24, 2.45) is 5.92 Å². The summed E-state index contributed by atoms with van der Waals surface area (Å²) in [6.45, 7) is 0.553. The zero-order valence-electron chi connectivity index (χ0n) is 24.3. The maximum Gasteiger partial charge on any atom is 0.305 e. The number of esters is 1. The van der Waals surface area contributed by atoms with Gasteiger partial charge < -0.3 is 9.47 Å².